The van der Waals surface area contributed by atoms with Gasteiger partial charge < -0.3 is 20.7 Å². The largest absolute Gasteiger partial charge is 0.489 e. The summed E-state index contributed by atoms with van der Waals surface area (Å²) >= 11 is 0. The van der Waals surface area contributed by atoms with E-state index in [9.17, 15) is 9.18 Å². The predicted molar refractivity (Wildman–Crippen MR) is 114 cm³/mol. The Morgan fingerprint density at radius 3 is 2.46 bits per heavy atom. The van der Waals surface area contributed by atoms with Gasteiger partial charge in [0, 0.05) is 26.1 Å². The highest BCUT2D eigenvalue weighted by Gasteiger charge is 2.06. The molecule has 1 rings (SSSR count). The molecule has 1 amide bonds. The molecule has 6 nitrogen and oxygen atoms in total. The maximum Gasteiger partial charge on any atom is 0.221 e. The van der Waals surface area contributed by atoms with Crippen molar-refractivity contribution in [2.24, 2.45) is 4.99 Å². The lowest BCUT2D eigenvalue weighted by Gasteiger charge is -2.15. The zero-order valence-electron chi connectivity index (χ0n) is 15.7. The van der Waals surface area contributed by atoms with E-state index in [0.717, 1.165) is 13.0 Å². The summed E-state index contributed by atoms with van der Waals surface area (Å²) < 4.78 is 18.6. The molecule has 0 aliphatic carbocycles. The smallest absolute Gasteiger partial charge is 0.221 e. The minimum absolute atomic E-state index is 0. The molecule has 3 N–H and O–H groups in total. The number of benzene rings is 1. The molecule has 0 saturated carbocycles. The standard InChI is InChI=1S/C18H29FN4O2.HI/c1-4-11-21-17(24)10-12-22-18(20-5-2)23-13-14(3)25-16-8-6-15(19)7-9-16;/h6-9,14H,4-5,10-13H2,1-3H3,(H,21,24)(H2,20,22,23);1H. The molecule has 0 heterocycles. The van der Waals surface area contributed by atoms with Crippen LogP contribution >= 0.6 is 24.0 Å². The molecule has 1 aromatic carbocycles. The van der Waals surface area contributed by atoms with Crippen molar-refractivity contribution in [2.75, 3.05) is 26.2 Å². The first-order valence-corrected chi connectivity index (χ1v) is 8.76. The van der Waals surface area contributed by atoms with Gasteiger partial charge in [0.2, 0.25) is 5.91 Å². The molecule has 0 bridgehead atoms. The van der Waals surface area contributed by atoms with Gasteiger partial charge in [0.05, 0.1) is 6.54 Å². The third kappa shape index (κ3) is 11.1. The number of hydrogen-bond acceptors (Lipinski definition) is 3. The lowest BCUT2D eigenvalue weighted by Crippen LogP contribution is -2.40. The fraction of sp³-hybridized carbons (Fsp3) is 0.556. The number of ether oxygens (including phenoxy) is 1. The maximum absolute atomic E-state index is 12.9. The quantitative estimate of drug-likeness (QED) is 0.274. The lowest BCUT2D eigenvalue weighted by atomic mass is 10.3. The van der Waals surface area contributed by atoms with Gasteiger partial charge >= 0.3 is 0 Å². The van der Waals surface area contributed by atoms with Gasteiger partial charge in [0.25, 0.3) is 0 Å². The van der Waals surface area contributed by atoms with Gasteiger partial charge in [-0.2, -0.15) is 0 Å². The van der Waals surface area contributed by atoms with Crippen molar-refractivity contribution in [3.63, 3.8) is 0 Å². The number of carbonyl (C=O) groups excluding carboxylic acids is 1. The van der Waals surface area contributed by atoms with Crippen molar-refractivity contribution in [3.8, 4) is 5.75 Å². The summed E-state index contributed by atoms with van der Waals surface area (Å²) in [5, 5.41) is 9.09. The van der Waals surface area contributed by atoms with E-state index < -0.39 is 0 Å². The first-order chi connectivity index (χ1) is 12.0. The maximum atomic E-state index is 12.9. The van der Waals surface area contributed by atoms with Crippen LogP contribution in [0.2, 0.25) is 0 Å². The Kier molecular flexibility index (Phi) is 13.7. The van der Waals surface area contributed by atoms with Crippen LogP contribution in [0.1, 0.15) is 33.6 Å². The number of hydrogen-bond donors (Lipinski definition) is 3. The summed E-state index contributed by atoms with van der Waals surface area (Å²) in [5.41, 5.74) is 0. The molecule has 0 spiro atoms. The zero-order chi connectivity index (χ0) is 18.5. The van der Waals surface area contributed by atoms with E-state index in [2.05, 4.69) is 20.9 Å². The number of aliphatic imine (C=N–C) groups is 1. The van der Waals surface area contributed by atoms with Crippen LogP contribution in [0.25, 0.3) is 0 Å². The molecular weight excluding hydrogens is 450 g/mol. The molecule has 0 aromatic heterocycles. The summed E-state index contributed by atoms with van der Waals surface area (Å²) in [6.45, 7) is 8.26. The normalized spacial score (nSPS) is 11.9. The Bertz CT molecular complexity index is 540. The fourth-order valence-electron chi connectivity index (χ4n) is 1.99. The van der Waals surface area contributed by atoms with Crippen LogP contribution in [-0.2, 0) is 4.79 Å². The lowest BCUT2D eigenvalue weighted by molar-refractivity contribution is -0.120. The number of nitrogens with zero attached hydrogens (tertiary/aromatic N) is 1. The number of guanidine groups is 1. The Hall–Kier alpha value is -1.58. The summed E-state index contributed by atoms with van der Waals surface area (Å²) in [7, 11) is 0. The molecule has 0 saturated heterocycles. The molecule has 0 aliphatic rings. The second kappa shape index (κ2) is 14.6. The number of carbonyl (C=O) groups is 1. The molecule has 26 heavy (non-hydrogen) atoms. The Morgan fingerprint density at radius 2 is 1.85 bits per heavy atom. The first kappa shape index (κ1) is 24.4. The highest BCUT2D eigenvalue weighted by molar-refractivity contribution is 14.0. The highest BCUT2D eigenvalue weighted by atomic mass is 127. The molecular formula is C18H30FIN4O2. The van der Waals surface area contributed by atoms with Crippen LogP contribution in [-0.4, -0.2) is 44.1 Å². The van der Waals surface area contributed by atoms with Crippen LogP contribution in [0.15, 0.2) is 29.3 Å². The fourth-order valence-corrected chi connectivity index (χ4v) is 1.99. The monoisotopic (exact) mass is 480 g/mol. The molecule has 1 aromatic rings. The van der Waals surface area contributed by atoms with Crippen molar-refractivity contribution >= 4 is 35.8 Å². The van der Waals surface area contributed by atoms with Crippen molar-refractivity contribution in [1.82, 2.24) is 16.0 Å². The summed E-state index contributed by atoms with van der Waals surface area (Å²) in [5.74, 6) is 0.979. The third-order valence-electron chi connectivity index (χ3n) is 3.22. The molecule has 0 aliphatic heterocycles. The van der Waals surface area contributed by atoms with Gasteiger partial charge in [-0.1, -0.05) is 6.92 Å². The van der Waals surface area contributed by atoms with Gasteiger partial charge in [-0.05, 0) is 44.5 Å². The number of rotatable bonds is 10. The SMILES string of the molecule is CCCNC(=O)CCNC(=NCC(C)Oc1ccc(F)cc1)NCC.I. The van der Waals surface area contributed by atoms with Gasteiger partial charge in [0.1, 0.15) is 17.7 Å². The minimum Gasteiger partial charge on any atom is -0.489 e. The van der Waals surface area contributed by atoms with E-state index in [1.807, 2.05) is 20.8 Å². The average molecular weight is 480 g/mol. The highest BCUT2D eigenvalue weighted by Crippen LogP contribution is 2.12. The van der Waals surface area contributed by atoms with Crippen molar-refractivity contribution < 1.29 is 13.9 Å². The van der Waals surface area contributed by atoms with E-state index in [0.29, 0.717) is 37.8 Å². The topological polar surface area (TPSA) is 74.8 Å². The first-order valence-electron chi connectivity index (χ1n) is 8.76. The molecule has 0 fully saturated rings. The second-order valence-electron chi connectivity index (χ2n) is 5.63. The van der Waals surface area contributed by atoms with Gasteiger partial charge in [-0.15, -0.1) is 24.0 Å². The van der Waals surface area contributed by atoms with Gasteiger partial charge in [-0.3, -0.25) is 4.79 Å². The Morgan fingerprint density at radius 1 is 1.15 bits per heavy atom. The van der Waals surface area contributed by atoms with Crippen LogP contribution in [0.5, 0.6) is 5.75 Å². The van der Waals surface area contributed by atoms with Gasteiger partial charge in [-0.25, -0.2) is 9.38 Å². The molecule has 0 radical (unpaired) electrons. The second-order valence-corrected chi connectivity index (χ2v) is 5.63. The minimum atomic E-state index is -0.292. The van der Waals surface area contributed by atoms with Crippen molar-refractivity contribution in [2.45, 2.75) is 39.7 Å². The van der Waals surface area contributed by atoms with Crippen LogP contribution in [0.4, 0.5) is 4.39 Å². The number of amides is 1. The summed E-state index contributed by atoms with van der Waals surface area (Å²) in [4.78, 5) is 16.0. The Labute approximate surface area is 172 Å². The zero-order valence-corrected chi connectivity index (χ0v) is 18.0. The van der Waals surface area contributed by atoms with E-state index >= 15 is 0 Å². The molecule has 1 unspecified atom stereocenters. The number of nitrogens with one attached hydrogen (secondary N) is 3. The number of halogens is 2. The van der Waals surface area contributed by atoms with E-state index in [1.165, 1.54) is 12.1 Å². The van der Waals surface area contributed by atoms with Crippen molar-refractivity contribution in [3.05, 3.63) is 30.1 Å². The molecule has 8 heteroatoms. The molecule has 148 valence electrons. The summed E-state index contributed by atoms with van der Waals surface area (Å²) in [6, 6.07) is 5.91. The van der Waals surface area contributed by atoms with E-state index in [4.69, 9.17) is 4.74 Å². The van der Waals surface area contributed by atoms with Gasteiger partial charge in [0.15, 0.2) is 5.96 Å². The predicted octanol–water partition coefficient (Wildman–Crippen LogP) is 2.68. The Balaban J connectivity index is 0.00000625. The van der Waals surface area contributed by atoms with E-state index in [1.54, 1.807) is 12.1 Å². The average Bonchev–Trinajstić information content (AvgIpc) is 2.60. The van der Waals surface area contributed by atoms with Crippen LogP contribution < -0.4 is 20.7 Å². The molecule has 1 atom stereocenters. The van der Waals surface area contributed by atoms with Crippen LogP contribution in [0.3, 0.4) is 0 Å². The summed E-state index contributed by atoms with van der Waals surface area (Å²) in [6.07, 6.45) is 1.16. The van der Waals surface area contributed by atoms with Crippen LogP contribution in [0, 0.1) is 5.82 Å². The third-order valence-corrected chi connectivity index (χ3v) is 3.22. The van der Waals surface area contributed by atoms with E-state index in [-0.39, 0.29) is 41.8 Å². The van der Waals surface area contributed by atoms with Crippen molar-refractivity contribution in [1.29, 1.82) is 0 Å².